The Morgan fingerprint density at radius 1 is 0.974 bits per heavy atom. The van der Waals surface area contributed by atoms with Gasteiger partial charge in [-0.25, -0.2) is 10.2 Å². The third-order valence-electron chi connectivity index (χ3n) is 5.92. The predicted octanol–water partition coefficient (Wildman–Crippen LogP) is 7.19. The number of amides is 1. The van der Waals surface area contributed by atoms with E-state index < -0.39 is 11.9 Å². The van der Waals surface area contributed by atoms with Crippen LogP contribution in [0.1, 0.15) is 26.4 Å². The highest BCUT2D eigenvalue weighted by Gasteiger charge is 2.20. The van der Waals surface area contributed by atoms with E-state index in [9.17, 15) is 9.59 Å². The van der Waals surface area contributed by atoms with Crippen LogP contribution in [0.2, 0.25) is 0 Å². The number of fused-ring (bicyclic) bond motifs is 1. The van der Waals surface area contributed by atoms with Gasteiger partial charge in [0.1, 0.15) is 17.2 Å². The number of para-hydroxylation sites is 1. The highest BCUT2D eigenvalue weighted by Crippen LogP contribution is 2.34. The van der Waals surface area contributed by atoms with E-state index in [2.05, 4.69) is 54.0 Å². The maximum atomic E-state index is 13.3. The smallest absolute Gasteiger partial charge is 0.343 e. The van der Waals surface area contributed by atoms with Gasteiger partial charge >= 0.3 is 5.97 Å². The minimum absolute atomic E-state index is 0.286. The van der Waals surface area contributed by atoms with E-state index >= 15 is 0 Å². The lowest BCUT2D eigenvalue weighted by atomic mass is 10.0. The van der Waals surface area contributed by atoms with Gasteiger partial charge in [0.15, 0.2) is 0 Å². The zero-order valence-corrected chi connectivity index (χ0v) is 24.3. The van der Waals surface area contributed by atoms with Gasteiger partial charge in [-0.05, 0) is 70.6 Å². The van der Waals surface area contributed by atoms with Crippen LogP contribution in [-0.2, 0) is 0 Å². The van der Waals surface area contributed by atoms with Crippen LogP contribution >= 0.6 is 38.5 Å². The first-order valence-corrected chi connectivity index (χ1v) is 13.7. The van der Waals surface area contributed by atoms with Crippen LogP contribution in [0.4, 0.5) is 0 Å². The molecule has 0 aliphatic rings. The second kappa shape index (κ2) is 11.8. The number of esters is 1. The lowest BCUT2D eigenvalue weighted by molar-refractivity contribution is 0.0733. The third kappa shape index (κ3) is 5.89. The van der Waals surface area contributed by atoms with Crippen LogP contribution in [0.5, 0.6) is 11.5 Å². The van der Waals surface area contributed by atoms with Gasteiger partial charge in [-0.2, -0.15) is 5.10 Å². The second-order valence-corrected chi connectivity index (χ2v) is 10.5. The van der Waals surface area contributed by atoms with Crippen molar-refractivity contribution in [3.05, 3.63) is 116 Å². The fourth-order valence-electron chi connectivity index (χ4n) is 4.09. The Kier molecular flexibility index (Phi) is 8.08. The van der Waals surface area contributed by atoms with Crippen LogP contribution in [0.3, 0.4) is 0 Å². The summed E-state index contributed by atoms with van der Waals surface area (Å²) in [6, 6.07) is 27.5. The molecule has 0 unspecified atom stereocenters. The highest BCUT2D eigenvalue weighted by atomic mass is 127. The molecule has 0 atom stereocenters. The molecule has 0 fully saturated rings. The van der Waals surface area contributed by atoms with Crippen LogP contribution in [-0.4, -0.2) is 30.2 Å². The lowest BCUT2D eigenvalue weighted by Crippen LogP contribution is -2.19. The zero-order valence-electron chi connectivity index (χ0n) is 20.6. The van der Waals surface area contributed by atoms with E-state index in [4.69, 9.17) is 9.47 Å². The minimum atomic E-state index is -0.546. The SMILES string of the molecule is COc1cccc(C(=O)Oc2ccc(Br)cc2C=NNC(=O)c2[nH]c3c(I)cccc3c2-c2ccccc2)c1. The molecule has 0 bridgehead atoms. The number of methoxy groups -OCH3 is 1. The normalized spacial score (nSPS) is 11.1. The Bertz CT molecular complexity index is 1720. The quantitative estimate of drug-likeness (QED) is 0.0621. The summed E-state index contributed by atoms with van der Waals surface area (Å²) < 4.78 is 12.6. The number of H-pyrrole nitrogens is 1. The van der Waals surface area contributed by atoms with Gasteiger partial charge in [-0.3, -0.25) is 4.79 Å². The Labute approximate surface area is 246 Å². The summed E-state index contributed by atoms with van der Waals surface area (Å²) in [4.78, 5) is 29.4. The Hall–Kier alpha value is -3.96. The van der Waals surface area contributed by atoms with E-state index in [1.165, 1.54) is 13.3 Å². The fourth-order valence-corrected chi connectivity index (χ4v) is 5.11. The van der Waals surface area contributed by atoms with Crippen molar-refractivity contribution in [3.63, 3.8) is 0 Å². The van der Waals surface area contributed by atoms with Crippen molar-refractivity contribution in [2.45, 2.75) is 0 Å². The number of carbonyl (C=O) groups is 2. The van der Waals surface area contributed by atoms with Crippen molar-refractivity contribution < 1.29 is 19.1 Å². The van der Waals surface area contributed by atoms with Crippen molar-refractivity contribution in [1.82, 2.24) is 10.4 Å². The summed E-state index contributed by atoms with van der Waals surface area (Å²) in [6.45, 7) is 0. The number of hydrogen-bond donors (Lipinski definition) is 2. The highest BCUT2D eigenvalue weighted by molar-refractivity contribution is 14.1. The molecule has 0 aliphatic carbocycles. The predicted molar refractivity (Wildman–Crippen MR) is 164 cm³/mol. The fraction of sp³-hybridized carbons (Fsp3) is 0.0333. The molecule has 1 heterocycles. The van der Waals surface area contributed by atoms with E-state index in [0.717, 1.165) is 30.1 Å². The third-order valence-corrected chi connectivity index (χ3v) is 7.31. The molecule has 1 aromatic heterocycles. The minimum Gasteiger partial charge on any atom is -0.497 e. The molecule has 1 amide bonds. The number of aromatic amines is 1. The van der Waals surface area contributed by atoms with E-state index in [1.54, 1.807) is 42.5 Å². The molecule has 2 N–H and O–H groups in total. The van der Waals surface area contributed by atoms with Gasteiger partial charge in [0, 0.05) is 24.6 Å². The number of nitrogens with zero attached hydrogens (tertiary/aromatic N) is 1. The molecule has 7 nitrogen and oxygen atoms in total. The molecule has 5 aromatic rings. The standard InChI is InChI=1S/C30H21BrIN3O4/c1-38-22-10-5-9-19(16-22)30(37)39-25-14-13-21(31)15-20(25)17-33-35-29(36)28-26(18-7-3-2-4-8-18)23-11-6-12-24(32)27(23)34-28/h2-17,34H,1H3,(H,35,36). The van der Waals surface area contributed by atoms with Crippen molar-refractivity contribution >= 4 is 67.5 Å². The summed E-state index contributed by atoms with van der Waals surface area (Å²) >= 11 is 5.68. The summed E-state index contributed by atoms with van der Waals surface area (Å²) in [5, 5.41) is 5.12. The van der Waals surface area contributed by atoms with Crippen LogP contribution in [0.25, 0.3) is 22.0 Å². The summed E-state index contributed by atoms with van der Waals surface area (Å²) in [5.41, 5.74) is 6.44. The molecule has 0 saturated carbocycles. The summed E-state index contributed by atoms with van der Waals surface area (Å²) in [6.07, 6.45) is 1.44. The molecule has 0 radical (unpaired) electrons. The number of aromatic nitrogens is 1. The number of halogens is 2. The van der Waals surface area contributed by atoms with Crippen molar-refractivity contribution in [3.8, 4) is 22.6 Å². The molecule has 0 saturated heterocycles. The second-order valence-electron chi connectivity index (χ2n) is 8.41. The number of hydrazone groups is 1. The number of ether oxygens (including phenoxy) is 2. The lowest BCUT2D eigenvalue weighted by Gasteiger charge is -2.09. The molecule has 39 heavy (non-hydrogen) atoms. The van der Waals surface area contributed by atoms with Crippen molar-refractivity contribution in [1.29, 1.82) is 0 Å². The van der Waals surface area contributed by atoms with Gasteiger partial charge in [0.2, 0.25) is 0 Å². The van der Waals surface area contributed by atoms with Gasteiger partial charge in [0.25, 0.3) is 5.91 Å². The van der Waals surface area contributed by atoms with Gasteiger partial charge < -0.3 is 14.5 Å². The number of nitrogens with one attached hydrogen (secondary N) is 2. The summed E-state index contributed by atoms with van der Waals surface area (Å²) in [7, 11) is 1.53. The van der Waals surface area contributed by atoms with Gasteiger partial charge in [0.05, 0.1) is 24.4 Å². The molecule has 5 rings (SSSR count). The van der Waals surface area contributed by atoms with Crippen molar-refractivity contribution in [2.75, 3.05) is 7.11 Å². The number of carbonyl (C=O) groups excluding carboxylic acids is 2. The maximum Gasteiger partial charge on any atom is 0.343 e. The van der Waals surface area contributed by atoms with E-state index in [-0.39, 0.29) is 5.75 Å². The Morgan fingerprint density at radius 3 is 2.56 bits per heavy atom. The first-order valence-electron chi connectivity index (χ1n) is 11.8. The average Bonchev–Trinajstić information content (AvgIpc) is 3.36. The number of hydrogen-bond acceptors (Lipinski definition) is 5. The first kappa shape index (κ1) is 26.6. The number of benzene rings is 4. The molecular weight excluding hydrogens is 673 g/mol. The van der Waals surface area contributed by atoms with Gasteiger partial charge in [-0.1, -0.05) is 64.5 Å². The Morgan fingerprint density at radius 2 is 1.77 bits per heavy atom. The molecule has 194 valence electrons. The van der Waals surface area contributed by atoms with Crippen LogP contribution in [0.15, 0.2) is 101 Å². The van der Waals surface area contributed by atoms with Crippen LogP contribution in [0, 0.1) is 3.57 Å². The number of rotatable bonds is 7. The molecular formula is C30H21BrIN3O4. The van der Waals surface area contributed by atoms with Crippen LogP contribution < -0.4 is 14.9 Å². The summed E-state index contributed by atoms with van der Waals surface area (Å²) in [5.74, 6) is -0.113. The zero-order chi connectivity index (χ0) is 27.4. The first-order chi connectivity index (χ1) is 18.9. The van der Waals surface area contributed by atoms with Crippen molar-refractivity contribution in [2.24, 2.45) is 5.10 Å². The van der Waals surface area contributed by atoms with E-state index in [0.29, 0.717) is 22.6 Å². The molecule has 0 spiro atoms. The maximum absolute atomic E-state index is 13.3. The van der Waals surface area contributed by atoms with Gasteiger partial charge in [-0.15, -0.1) is 0 Å². The monoisotopic (exact) mass is 693 g/mol. The largest absolute Gasteiger partial charge is 0.497 e. The Balaban J connectivity index is 1.41. The molecule has 4 aromatic carbocycles. The topological polar surface area (TPSA) is 92.8 Å². The molecule has 0 aliphatic heterocycles. The average molecular weight is 694 g/mol. The van der Waals surface area contributed by atoms with E-state index in [1.807, 2.05) is 48.5 Å². The molecule has 9 heteroatoms.